The van der Waals surface area contributed by atoms with Gasteiger partial charge >= 0.3 is 0 Å². The van der Waals surface area contributed by atoms with Crippen LogP contribution in [-0.4, -0.2) is 21.1 Å². The zero-order valence-electron chi connectivity index (χ0n) is 14.5. The molecule has 3 rings (SSSR count). The summed E-state index contributed by atoms with van der Waals surface area (Å²) >= 11 is 7.65. The van der Waals surface area contributed by atoms with E-state index in [-0.39, 0.29) is 17.4 Å². The number of benzene rings is 1. The Morgan fingerprint density at radius 1 is 1.32 bits per heavy atom. The van der Waals surface area contributed by atoms with Gasteiger partial charge in [0.15, 0.2) is 5.16 Å². The van der Waals surface area contributed by atoms with Gasteiger partial charge in [-0.1, -0.05) is 42.6 Å². The van der Waals surface area contributed by atoms with Crippen LogP contribution in [0.15, 0.2) is 28.2 Å². The quantitative estimate of drug-likeness (QED) is 0.402. The molecular weight excluding hydrogens is 356 g/mol. The number of nitrogens with zero attached hydrogens (tertiary/aromatic N) is 2. The molecule has 1 fully saturated rings. The van der Waals surface area contributed by atoms with Crippen molar-refractivity contribution < 1.29 is 4.79 Å². The minimum Gasteiger partial charge on any atom is -0.300 e. The van der Waals surface area contributed by atoms with E-state index in [0.29, 0.717) is 22.3 Å². The third-order valence-electron chi connectivity index (χ3n) is 4.68. The largest absolute Gasteiger partial charge is 0.300 e. The van der Waals surface area contributed by atoms with Crippen LogP contribution >= 0.6 is 23.4 Å². The Labute approximate surface area is 157 Å². The normalized spacial score (nSPS) is 15.6. The Morgan fingerprint density at radius 3 is 2.80 bits per heavy atom. The van der Waals surface area contributed by atoms with Crippen LogP contribution in [-0.2, 0) is 4.79 Å². The molecule has 0 bridgehead atoms. The van der Waals surface area contributed by atoms with Crippen LogP contribution in [0.5, 0.6) is 0 Å². The van der Waals surface area contributed by atoms with Gasteiger partial charge in [0.05, 0.1) is 10.9 Å². The van der Waals surface area contributed by atoms with Crippen LogP contribution < -0.4 is 5.56 Å². The maximum Gasteiger partial charge on any atom is 0.262 e. The summed E-state index contributed by atoms with van der Waals surface area (Å²) in [6.45, 7) is 1.61. The number of hydrogen-bond donors (Lipinski definition) is 0. The van der Waals surface area contributed by atoms with Gasteiger partial charge in [0.2, 0.25) is 0 Å². The van der Waals surface area contributed by atoms with Crippen LogP contribution in [0.2, 0.25) is 5.02 Å². The van der Waals surface area contributed by atoms with Crippen molar-refractivity contribution in [1.82, 2.24) is 9.55 Å². The van der Waals surface area contributed by atoms with E-state index in [4.69, 9.17) is 16.6 Å². The molecule has 1 heterocycles. The first-order valence-corrected chi connectivity index (χ1v) is 10.3. The van der Waals surface area contributed by atoms with Gasteiger partial charge in [0.25, 0.3) is 5.56 Å². The van der Waals surface area contributed by atoms with Gasteiger partial charge in [-0.2, -0.15) is 0 Å². The van der Waals surface area contributed by atoms with E-state index >= 15 is 0 Å². The van der Waals surface area contributed by atoms with Crippen LogP contribution in [0.25, 0.3) is 10.9 Å². The summed E-state index contributed by atoms with van der Waals surface area (Å²) in [6.07, 6.45) is 6.98. The van der Waals surface area contributed by atoms with Crippen LogP contribution in [0.1, 0.15) is 57.9 Å². The Kier molecular flexibility index (Phi) is 6.18. The summed E-state index contributed by atoms with van der Waals surface area (Å²) < 4.78 is 1.90. The Hall–Kier alpha value is -1.33. The van der Waals surface area contributed by atoms with E-state index < -0.39 is 0 Å². The van der Waals surface area contributed by atoms with E-state index in [9.17, 15) is 9.59 Å². The minimum atomic E-state index is 0.0302. The average molecular weight is 379 g/mol. The fourth-order valence-corrected chi connectivity index (χ4v) is 4.57. The number of thioether (sulfide) groups is 1. The number of ketones is 1. The van der Waals surface area contributed by atoms with Crippen molar-refractivity contribution in [3.8, 4) is 0 Å². The Morgan fingerprint density at radius 2 is 2.08 bits per heavy atom. The van der Waals surface area contributed by atoms with E-state index in [1.807, 2.05) is 4.57 Å². The van der Waals surface area contributed by atoms with Gasteiger partial charge in [-0.15, -0.1) is 0 Å². The highest BCUT2D eigenvalue weighted by Crippen LogP contribution is 2.31. The monoisotopic (exact) mass is 378 g/mol. The summed E-state index contributed by atoms with van der Waals surface area (Å²) in [7, 11) is 0. The number of Topliss-reactive ketones (excluding diaryl/α,β-unsaturated/α-hetero) is 1. The highest BCUT2D eigenvalue weighted by molar-refractivity contribution is 7.99. The van der Waals surface area contributed by atoms with Gasteiger partial charge in [0, 0.05) is 23.2 Å². The number of rotatable bonds is 6. The molecule has 1 aromatic heterocycles. The van der Waals surface area contributed by atoms with Gasteiger partial charge in [-0.05, 0) is 44.4 Å². The zero-order chi connectivity index (χ0) is 17.8. The second-order valence-electron chi connectivity index (χ2n) is 6.68. The number of hydrogen-bond acceptors (Lipinski definition) is 4. The van der Waals surface area contributed by atoms with Crippen LogP contribution in [0.4, 0.5) is 0 Å². The molecule has 134 valence electrons. The molecule has 25 heavy (non-hydrogen) atoms. The number of halogens is 1. The van der Waals surface area contributed by atoms with Crippen LogP contribution in [0.3, 0.4) is 0 Å². The molecule has 0 N–H and O–H groups in total. The van der Waals surface area contributed by atoms with Crippen molar-refractivity contribution in [2.24, 2.45) is 0 Å². The van der Waals surface area contributed by atoms with Gasteiger partial charge in [-0.3, -0.25) is 9.36 Å². The topological polar surface area (TPSA) is 52.0 Å². The lowest BCUT2D eigenvalue weighted by molar-refractivity contribution is -0.117. The predicted molar refractivity (Wildman–Crippen MR) is 104 cm³/mol. The molecule has 0 unspecified atom stereocenters. The molecule has 6 heteroatoms. The maximum atomic E-state index is 13.1. The molecule has 4 nitrogen and oxygen atoms in total. The van der Waals surface area contributed by atoms with Crippen LogP contribution in [0, 0.1) is 0 Å². The number of aromatic nitrogens is 2. The third-order valence-corrected chi connectivity index (χ3v) is 5.95. The summed E-state index contributed by atoms with van der Waals surface area (Å²) in [5.41, 5.74) is 0.682. The number of carbonyl (C=O) groups is 1. The Balaban J connectivity index is 1.98. The van der Waals surface area contributed by atoms with Gasteiger partial charge in [-0.25, -0.2) is 4.98 Å². The summed E-state index contributed by atoms with van der Waals surface area (Å²) in [6, 6.07) is 5.50. The van der Waals surface area contributed by atoms with Crippen molar-refractivity contribution in [3.05, 3.63) is 33.6 Å². The fourth-order valence-electron chi connectivity index (χ4n) is 3.40. The highest BCUT2D eigenvalue weighted by atomic mass is 35.5. The minimum absolute atomic E-state index is 0.0302. The second-order valence-corrected chi connectivity index (χ2v) is 8.18. The van der Waals surface area contributed by atoms with Crippen molar-refractivity contribution in [2.45, 2.75) is 63.1 Å². The van der Waals surface area contributed by atoms with E-state index in [0.717, 1.165) is 43.0 Å². The van der Waals surface area contributed by atoms with Crippen molar-refractivity contribution in [3.63, 3.8) is 0 Å². The molecule has 0 atom stereocenters. The molecular formula is C19H23ClN2O2S. The molecule has 0 aliphatic heterocycles. The average Bonchev–Trinajstić information content (AvgIpc) is 2.59. The lowest BCUT2D eigenvalue weighted by atomic mass is 9.95. The molecule has 0 spiro atoms. The first-order chi connectivity index (χ1) is 12.1. The molecule has 1 saturated carbocycles. The molecule has 1 aromatic carbocycles. The summed E-state index contributed by atoms with van der Waals surface area (Å²) in [5, 5.41) is 1.97. The lowest BCUT2D eigenvalue weighted by Crippen LogP contribution is -2.29. The van der Waals surface area contributed by atoms with Crippen molar-refractivity contribution >= 4 is 40.0 Å². The predicted octanol–water partition coefficient (Wildman–Crippen LogP) is 5.02. The first-order valence-electron chi connectivity index (χ1n) is 8.90. The Bertz CT molecular complexity index is 828. The SMILES string of the molecule is CC(=O)CCCSc1nc2cc(Cl)ccc2c(=O)n1C1CCCCC1. The number of fused-ring (bicyclic) bond motifs is 1. The highest BCUT2D eigenvalue weighted by Gasteiger charge is 2.21. The standard InChI is InChI=1S/C19H23ClN2O2S/c1-13(23)6-5-11-25-19-21-17-12-14(20)9-10-16(17)18(24)22(19)15-7-3-2-4-8-15/h9-10,12,15H,2-8,11H2,1H3. The van der Waals surface area contributed by atoms with E-state index in [1.165, 1.54) is 6.42 Å². The molecule has 1 aliphatic carbocycles. The summed E-state index contributed by atoms with van der Waals surface area (Å²) in [4.78, 5) is 29.0. The van der Waals surface area contributed by atoms with Crippen molar-refractivity contribution in [1.29, 1.82) is 0 Å². The van der Waals surface area contributed by atoms with E-state index in [1.54, 1.807) is 36.9 Å². The van der Waals surface area contributed by atoms with Gasteiger partial charge < -0.3 is 4.79 Å². The van der Waals surface area contributed by atoms with Crippen molar-refractivity contribution in [2.75, 3.05) is 5.75 Å². The molecule has 0 amide bonds. The van der Waals surface area contributed by atoms with Gasteiger partial charge in [0.1, 0.15) is 5.78 Å². The first kappa shape index (κ1) is 18.5. The molecule has 0 saturated heterocycles. The zero-order valence-corrected chi connectivity index (χ0v) is 16.0. The fraction of sp³-hybridized carbons (Fsp3) is 0.526. The summed E-state index contributed by atoms with van der Waals surface area (Å²) in [5.74, 6) is 0.980. The molecule has 1 aliphatic rings. The molecule has 0 radical (unpaired) electrons. The number of carbonyl (C=O) groups excluding carboxylic acids is 1. The maximum absolute atomic E-state index is 13.1. The molecule has 2 aromatic rings. The smallest absolute Gasteiger partial charge is 0.262 e. The third kappa shape index (κ3) is 4.45. The second kappa shape index (κ2) is 8.37. The van der Waals surface area contributed by atoms with E-state index in [2.05, 4.69) is 0 Å². The lowest BCUT2D eigenvalue weighted by Gasteiger charge is -2.26.